The van der Waals surface area contributed by atoms with Crippen molar-refractivity contribution >= 4 is 39.2 Å². The Labute approximate surface area is 170 Å². The van der Waals surface area contributed by atoms with Gasteiger partial charge >= 0.3 is 0 Å². The number of carbonyl (C=O) groups is 1. The quantitative estimate of drug-likeness (QED) is 0.495. The van der Waals surface area contributed by atoms with Gasteiger partial charge in [0.05, 0.1) is 23.1 Å². The van der Waals surface area contributed by atoms with Gasteiger partial charge in [-0.25, -0.2) is 4.98 Å². The van der Waals surface area contributed by atoms with Crippen LogP contribution in [0.4, 0.5) is 0 Å². The first-order chi connectivity index (χ1) is 13.6. The summed E-state index contributed by atoms with van der Waals surface area (Å²) in [5, 5.41) is 5.30. The molecule has 28 heavy (non-hydrogen) atoms. The molecule has 0 aliphatic carbocycles. The van der Waals surface area contributed by atoms with E-state index in [1.54, 1.807) is 4.57 Å². The van der Waals surface area contributed by atoms with Crippen molar-refractivity contribution in [3.05, 3.63) is 51.6 Å². The molecule has 4 rings (SSSR count). The Morgan fingerprint density at radius 1 is 1.43 bits per heavy atom. The minimum Gasteiger partial charge on any atom is -0.376 e. The number of rotatable bonds is 6. The Morgan fingerprint density at radius 3 is 3.11 bits per heavy atom. The van der Waals surface area contributed by atoms with Crippen molar-refractivity contribution in [3.63, 3.8) is 0 Å². The van der Waals surface area contributed by atoms with Gasteiger partial charge in [-0.05, 0) is 48.9 Å². The number of ether oxygens (including phenoxy) is 1. The van der Waals surface area contributed by atoms with Crippen molar-refractivity contribution in [1.29, 1.82) is 0 Å². The Morgan fingerprint density at radius 2 is 2.32 bits per heavy atom. The van der Waals surface area contributed by atoms with E-state index in [4.69, 9.17) is 4.74 Å². The molecule has 0 spiro atoms. The highest BCUT2D eigenvalue weighted by atomic mass is 32.2. The molecular formula is C20H21N3O3S2. The molecule has 3 heterocycles. The van der Waals surface area contributed by atoms with Crippen molar-refractivity contribution in [2.45, 2.75) is 31.0 Å². The molecule has 0 unspecified atom stereocenters. The molecule has 3 aromatic rings. The Balaban J connectivity index is 1.57. The Bertz CT molecular complexity index is 1050. The highest BCUT2D eigenvalue weighted by molar-refractivity contribution is 7.99. The number of thioether (sulfide) groups is 1. The van der Waals surface area contributed by atoms with Gasteiger partial charge in [-0.15, -0.1) is 11.3 Å². The Hall–Kier alpha value is -2.16. The first kappa shape index (κ1) is 19.2. The summed E-state index contributed by atoms with van der Waals surface area (Å²) in [7, 11) is 0. The molecule has 1 amide bonds. The van der Waals surface area contributed by atoms with Gasteiger partial charge < -0.3 is 10.1 Å². The average Bonchev–Trinajstić information content (AvgIpc) is 3.36. The van der Waals surface area contributed by atoms with Gasteiger partial charge in [-0.3, -0.25) is 14.2 Å². The van der Waals surface area contributed by atoms with Gasteiger partial charge in [0.15, 0.2) is 5.16 Å². The van der Waals surface area contributed by atoms with Crippen LogP contribution in [-0.4, -0.2) is 40.5 Å². The SMILES string of the molecule is Cc1cccc(-n2c(SCC(=O)NC[C@@H]3CCCO3)nc3ccsc3c2=O)c1. The van der Waals surface area contributed by atoms with Crippen molar-refractivity contribution in [3.8, 4) is 5.69 Å². The molecule has 1 aliphatic heterocycles. The van der Waals surface area contributed by atoms with Gasteiger partial charge in [0.25, 0.3) is 5.56 Å². The second kappa shape index (κ2) is 8.46. The summed E-state index contributed by atoms with van der Waals surface area (Å²) in [4.78, 5) is 30.0. The van der Waals surface area contributed by atoms with Gasteiger partial charge in [0.2, 0.25) is 5.91 Å². The van der Waals surface area contributed by atoms with Crippen LogP contribution in [0.25, 0.3) is 15.9 Å². The highest BCUT2D eigenvalue weighted by Gasteiger charge is 2.18. The normalized spacial score (nSPS) is 16.5. The first-order valence-electron chi connectivity index (χ1n) is 9.20. The summed E-state index contributed by atoms with van der Waals surface area (Å²) in [6.07, 6.45) is 2.14. The van der Waals surface area contributed by atoms with Crippen molar-refractivity contribution < 1.29 is 9.53 Å². The minimum atomic E-state index is -0.104. The number of aromatic nitrogens is 2. The zero-order chi connectivity index (χ0) is 19.5. The summed E-state index contributed by atoms with van der Waals surface area (Å²) in [5.74, 6) is 0.108. The van der Waals surface area contributed by atoms with E-state index in [1.807, 2.05) is 42.6 Å². The smallest absolute Gasteiger partial charge is 0.276 e. The van der Waals surface area contributed by atoms with E-state index in [-0.39, 0.29) is 23.3 Å². The standard InChI is InChI=1S/C20H21N3O3S2/c1-13-4-2-5-14(10-13)23-19(25)18-16(7-9-27-18)22-20(23)28-12-17(24)21-11-15-6-3-8-26-15/h2,4-5,7,9-10,15H,3,6,8,11-12H2,1H3,(H,21,24)/t15-/m0/s1. The van der Waals surface area contributed by atoms with E-state index in [9.17, 15) is 9.59 Å². The second-order valence-electron chi connectivity index (χ2n) is 6.74. The molecule has 1 fully saturated rings. The third kappa shape index (κ3) is 4.14. The predicted molar refractivity (Wildman–Crippen MR) is 113 cm³/mol. The molecule has 1 aromatic carbocycles. The van der Waals surface area contributed by atoms with E-state index in [1.165, 1.54) is 23.1 Å². The molecule has 146 valence electrons. The van der Waals surface area contributed by atoms with Crippen molar-refractivity contribution in [2.75, 3.05) is 18.9 Å². The molecule has 1 aliphatic rings. The zero-order valence-corrected chi connectivity index (χ0v) is 17.1. The summed E-state index contributed by atoms with van der Waals surface area (Å²) < 4.78 is 7.75. The van der Waals surface area contributed by atoms with Gasteiger partial charge in [0.1, 0.15) is 4.70 Å². The van der Waals surface area contributed by atoms with Crippen LogP contribution in [0.15, 0.2) is 45.7 Å². The maximum atomic E-state index is 13.1. The first-order valence-corrected chi connectivity index (χ1v) is 11.1. The summed E-state index contributed by atoms with van der Waals surface area (Å²) >= 11 is 2.66. The molecule has 1 saturated heterocycles. The number of benzene rings is 1. The van der Waals surface area contributed by atoms with Crippen molar-refractivity contribution in [1.82, 2.24) is 14.9 Å². The van der Waals surface area contributed by atoms with Crippen molar-refractivity contribution in [2.24, 2.45) is 0 Å². The lowest BCUT2D eigenvalue weighted by molar-refractivity contribution is -0.119. The van der Waals surface area contributed by atoms with Gasteiger partial charge in [-0.1, -0.05) is 23.9 Å². The number of hydrogen-bond acceptors (Lipinski definition) is 6. The number of fused-ring (bicyclic) bond motifs is 1. The fraction of sp³-hybridized carbons (Fsp3) is 0.350. The van der Waals surface area contributed by atoms with Crippen LogP contribution >= 0.6 is 23.1 Å². The predicted octanol–water partition coefficient (Wildman–Crippen LogP) is 3.14. The fourth-order valence-electron chi connectivity index (χ4n) is 3.20. The topological polar surface area (TPSA) is 73.2 Å². The number of nitrogens with zero attached hydrogens (tertiary/aromatic N) is 2. The van der Waals surface area contributed by atoms with Crippen LogP contribution < -0.4 is 10.9 Å². The lowest BCUT2D eigenvalue weighted by atomic mass is 10.2. The summed E-state index contributed by atoms with van der Waals surface area (Å²) in [6, 6.07) is 9.57. The third-order valence-corrected chi connectivity index (χ3v) is 6.42. The fourth-order valence-corrected chi connectivity index (χ4v) is 4.80. The summed E-state index contributed by atoms with van der Waals surface area (Å²) in [5.41, 5.74) is 2.38. The van der Waals surface area contributed by atoms with Crippen LogP contribution in [0, 0.1) is 6.92 Å². The van der Waals surface area contributed by atoms with Gasteiger partial charge in [0, 0.05) is 13.2 Å². The highest BCUT2D eigenvalue weighted by Crippen LogP contribution is 2.24. The summed E-state index contributed by atoms with van der Waals surface area (Å²) in [6.45, 7) is 3.28. The Kier molecular flexibility index (Phi) is 5.79. The minimum absolute atomic E-state index is 0.0871. The van der Waals surface area contributed by atoms with Crippen LogP contribution in [0.3, 0.4) is 0 Å². The van der Waals surface area contributed by atoms with E-state index >= 15 is 0 Å². The van der Waals surface area contributed by atoms with E-state index < -0.39 is 0 Å². The average molecular weight is 416 g/mol. The number of nitrogens with one attached hydrogen (secondary N) is 1. The lowest BCUT2D eigenvalue weighted by Gasteiger charge is -2.13. The zero-order valence-electron chi connectivity index (χ0n) is 15.5. The van der Waals surface area contributed by atoms with Gasteiger partial charge in [-0.2, -0.15) is 0 Å². The molecule has 8 heteroatoms. The monoisotopic (exact) mass is 415 g/mol. The molecule has 0 bridgehead atoms. The number of aryl methyl sites for hydroxylation is 1. The molecule has 6 nitrogen and oxygen atoms in total. The number of amides is 1. The van der Waals surface area contributed by atoms with E-state index in [0.29, 0.717) is 21.9 Å². The van der Waals surface area contributed by atoms with Crippen LogP contribution in [0.2, 0.25) is 0 Å². The number of thiophene rings is 1. The molecular weight excluding hydrogens is 394 g/mol. The van der Waals surface area contributed by atoms with E-state index in [0.717, 1.165) is 30.7 Å². The lowest BCUT2D eigenvalue weighted by Crippen LogP contribution is -2.33. The molecule has 0 radical (unpaired) electrons. The second-order valence-corrected chi connectivity index (χ2v) is 8.60. The molecule has 0 saturated carbocycles. The maximum absolute atomic E-state index is 13.1. The van der Waals surface area contributed by atoms with Crippen LogP contribution in [0.5, 0.6) is 0 Å². The largest absolute Gasteiger partial charge is 0.376 e. The molecule has 1 N–H and O–H groups in total. The third-order valence-electron chi connectivity index (χ3n) is 4.59. The van der Waals surface area contributed by atoms with Crippen LogP contribution in [-0.2, 0) is 9.53 Å². The maximum Gasteiger partial charge on any atom is 0.276 e. The van der Waals surface area contributed by atoms with E-state index in [2.05, 4.69) is 10.3 Å². The number of carbonyl (C=O) groups excluding carboxylic acids is 1. The van der Waals surface area contributed by atoms with Crippen LogP contribution in [0.1, 0.15) is 18.4 Å². The molecule has 2 aromatic heterocycles. The number of hydrogen-bond donors (Lipinski definition) is 1. The molecule has 1 atom stereocenters.